The van der Waals surface area contributed by atoms with E-state index in [9.17, 15) is 4.79 Å². The summed E-state index contributed by atoms with van der Waals surface area (Å²) >= 11 is 6.04. The van der Waals surface area contributed by atoms with Crippen molar-refractivity contribution in [3.05, 3.63) is 59.2 Å². The molecule has 25 heavy (non-hydrogen) atoms. The lowest BCUT2D eigenvalue weighted by atomic mass is 10.1. The van der Waals surface area contributed by atoms with Crippen molar-refractivity contribution in [1.82, 2.24) is 4.90 Å². The van der Waals surface area contributed by atoms with Crippen LogP contribution < -0.4 is 15.2 Å². The minimum atomic E-state index is 0.200. The zero-order valence-electron chi connectivity index (χ0n) is 14.5. The maximum atomic E-state index is 12.5. The Balaban J connectivity index is 1.46. The minimum Gasteiger partial charge on any atom is -0.333 e. The maximum Gasteiger partial charge on any atom is 0.277 e. The summed E-state index contributed by atoms with van der Waals surface area (Å²) in [5.41, 5.74) is 1.14. The third-order valence-corrected chi connectivity index (χ3v) is 4.92. The number of aromatic amines is 1. The number of anilines is 1. The molecule has 0 unspecified atom stereocenters. The molecule has 0 spiro atoms. The third-order valence-electron chi connectivity index (χ3n) is 4.69. The molecule has 1 saturated heterocycles. The number of nitrogens with one attached hydrogen (secondary N) is 1. The van der Waals surface area contributed by atoms with Gasteiger partial charge < -0.3 is 10.2 Å². The highest BCUT2D eigenvalue weighted by molar-refractivity contribution is 6.30. The molecule has 1 fully saturated rings. The lowest BCUT2D eigenvalue weighted by molar-refractivity contribution is -0.683. The van der Waals surface area contributed by atoms with Gasteiger partial charge in [0.2, 0.25) is 0 Å². The van der Waals surface area contributed by atoms with Gasteiger partial charge in [0.05, 0.1) is 19.3 Å². The van der Waals surface area contributed by atoms with E-state index in [2.05, 4.69) is 28.2 Å². The van der Waals surface area contributed by atoms with Crippen molar-refractivity contribution in [3.63, 3.8) is 0 Å². The van der Waals surface area contributed by atoms with E-state index in [0.29, 0.717) is 6.54 Å². The fourth-order valence-corrected chi connectivity index (χ4v) is 3.31. The largest absolute Gasteiger partial charge is 0.333 e. The SMILES string of the molecule is C[C@H]([NH2+]CC(=O)N1CCN(c2cccc[nH+]2)CC1)c1cccc(Cl)c1. The van der Waals surface area contributed by atoms with E-state index in [-0.39, 0.29) is 11.9 Å². The average Bonchev–Trinajstić information content (AvgIpc) is 2.66. The summed E-state index contributed by atoms with van der Waals surface area (Å²) in [6.07, 6.45) is 1.93. The van der Waals surface area contributed by atoms with Gasteiger partial charge in [-0.2, -0.15) is 0 Å². The van der Waals surface area contributed by atoms with Crippen LogP contribution in [0, 0.1) is 0 Å². The van der Waals surface area contributed by atoms with Gasteiger partial charge in [0, 0.05) is 16.7 Å². The molecule has 0 bridgehead atoms. The van der Waals surface area contributed by atoms with Gasteiger partial charge in [-0.15, -0.1) is 0 Å². The number of amides is 1. The number of hydrogen-bond acceptors (Lipinski definition) is 2. The van der Waals surface area contributed by atoms with Gasteiger partial charge in [-0.05, 0) is 25.1 Å². The van der Waals surface area contributed by atoms with Gasteiger partial charge in [-0.1, -0.05) is 29.8 Å². The van der Waals surface area contributed by atoms with Crippen molar-refractivity contribution in [1.29, 1.82) is 0 Å². The second kappa shape index (κ2) is 8.32. The maximum absolute atomic E-state index is 12.5. The number of hydrogen-bond donors (Lipinski definition) is 1. The fraction of sp³-hybridized carbons (Fsp3) is 0.368. The van der Waals surface area contributed by atoms with Gasteiger partial charge in [-0.25, -0.2) is 4.98 Å². The van der Waals surface area contributed by atoms with Crippen molar-refractivity contribution >= 4 is 23.3 Å². The number of benzene rings is 1. The summed E-state index contributed by atoms with van der Waals surface area (Å²) in [4.78, 5) is 20.0. The van der Waals surface area contributed by atoms with Crippen LogP contribution in [0.3, 0.4) is 0 Å². The van der Waals surface area contributed by atoms with Crippen molar-refractivity contribution < 1.29 is 15.1 Å². The number of aromatic nitrogens is 1. The quantitative estimate of drug-likeness (QED) is 0.869. The Morgan fingerprint density at radius 2 is 2.00 bits per heavy atom. The molecule has 1 aromatic carbocycles. The van der Waals surface area contributed by atoms with Crippen LogP contribution in [0.4, 0.5) is 5.82 Å². The predicted molar refractivity (Wildman–Crippen MR) is 98.5 cm³/mol. The molecule has 3 N–H and O–H groups in total. The van der Waals surface area contributed by atoms with Crippen LogP contribution in [0.15, 0.2) is 48.7 Å². The molecule has 0 radical (unpaired) electrons. The van der Waals surface area contributed by atoms with Crippen molar-refractivity contribution in [2.75, 3.05) is 37.6 Å². The van der Waals surface area contributed by atoms with Crippen LogP contribution in [0.2, 0.25) is 5.02 Å². The number of halogens is 1. The number of pyridine rings is 1. The molecule has 3 rings (SSSR count). The lowest BCUT2D eigenvalue weighted by Crippen LogP contribution is -2.87. The summed E-state index contributed by atoms with van der Waals surface area (Å²) in [6, 6.07) is 14.1. The van der Waals surface area contributed by atoms with Crippen molar-refractivity contribution in [2.24, 2.45) is 0 Å². The first-order chi connectivity index (χ1) is 12.1. The van der Waals surface area contributed by atoms with Gasteiger partial charge in [0.25, 0.3) is 11.7 Å². The minimum absolute atomic E-state index is 0.200. The normalized spacial score (nSPS) is 15.9. The number of piperazine rings is 1. The molecular weight excluding hydrogens is 336 g/mol. The van der Waals surface area contributed by atoms with E-state index in [1.165, 1.54) is 0 Å². The summed E-state index contributed by atoms with van der Waals surface area (Å²) in [5.74, 6) is 1.31. The lowest BCUT2D eigenvalue weighted by Gasteiger charge is -2.30. The second-order valence-corrected chi connectivity index (χ2v) is 6.84. The highest BCUT2D eigenvalue weighted by Gasteiger charge is 2.26. The second-order valence-electron chi connectivity index (χ2n) is 6.40. The summed E-state index contributed by atoms with van der Waals surface area (Å²) in [7, 11) is 0. The molecule has 2 heterocycles. The van der Waals surface area contributed by atoms with Gasteiger partial charge in [0.15, 0.2) is 6.54 Å². The first-order valence-electron chi connectivity index (χ1n) is 8.72. The van der Waals surface area contributed by atoms with E-state index < -0.39 is 0 Å². The molecule has 1 amide bonds. The number of carbonyl (C=O) groups excluding carboxylic acids is 1. The van der Waals surface area contributed by atoms with Gasteiger partial charge >= 0.3 is 0 Å². The molecule has 0 aliphatic carbocycles. The fourth-order valence-electron chi connectivity index (χ4n) is 3.11. The number of nitrogens with two attached hydrogens (primary N) is 1. The van der Waals surface area contributed by atoms with Crippen LogP contribution in [-0.4, -0.2) is 43.5 Å². The molecule has 1 aliphatic rings. The molecule has 1 aromatic heterocycles. The first-order valence-corrected chi connectivity index (χ1v) is 9.09. The Labute approximate surface area is 153 Å². The Morgan fingerprint density at radius 3 is 2.68 bits per heavy atom. The Morgan fingerprint density at radius 1 is 1.20 bits per heavy atom. The summed E-state index contributed by atoms with van der Waals surface area (Å²) < 4.78 is 0. The number of quaternary nitrogens is 1. The van der Waals surface area contributed by atoms with E-state index in [0.717, 1.165) is 42.6 Å². The molecule has 0 saturated carbocycles. The van der Waals surface area contributed by atoms with Crippen LogP contribution in [0.1, 0.15) is 18.5 Å². The Hall–Kier alpha value is -2.11. The Kier molecular flexibility index (Phi) is 5.89. The molecule has 1 aliphatic heterocycles. The van der Waals surface area contributed by atoms with E-state index in [4.69, 9.17) is 11.6 Å². The van der Waals surface area contributed by atoms with Gasteiger partial charge in [-0.3, -0.25) is 9.69 Å². The molecule has 1 atom stereocenters. The van der Waals surface area contributed by atoms with Crippen LogP contribution in [0.5, 0.6) is 0 Å². The molecule has 2 aromatic rings. The number of nitrogens with zero attached hydrogens (tertiary/aromatic N) is 2. The third kappa shape index (κ3) is 4.71. The van der Waals surface area contributed by atoms with Crippen molar-refractivity contribution in [2.45, 2.75) is 13.0 Å². The molecule has 132 valence electrons. The van der Waals surface area contributed by atoms with E-state index in [1.54, 1.807) is 0 Å². The number of H-pyrrole nitrogens is 1. The highest BCUT2D eigenvalue weighted by atomic mass is 35.5. The average molecular weight is 361 g/mol. The molecule has 6 heteroatoms. The Bertz CT molecular complexity index is 702. The number of rotatable bonds is 5. The topological polar surface area (TPSA) is 54.3 Å². The smallest absolute Gasteiger partial charge is 0.277 e. The summed E-state index contributed by atoms with van der Waals surface area (Å²) in [5, 5.41) is 2.81. The zero-order chi connectivity index (χ0) is 17.6. The van der Waals surface area contributed by atoms with Gasteiger partial charge in [0.1, 0.15) is 19.1 Å². The van der Waals surface area contributed by atoms with Crippen LogP contribution >= 0.6 is 11.6 Å². The zero-order valence-corrected chi connectivity index (χ0v) is 15.2. The standard InChI is InChI=1S/C19H23ClN4O/c1-15(16-5-4-6-17(20)13-16)22-14-19(25)24-11-9-23(10-12-24)18-7-2-3-8-21-18/h2-8,13,15,22H,9-12,14H2,1H3/p+2/t15-/m0/s1. The van der Waals surface area contributed by atoms with E-state index in [1.807, 2.05) is 47.5 Å². The van der Waals surface area contributed by atoms with Crippen LogP contribution in [-0.2, 0) is 4.79 Å². The number of carbonyl (C=O) groups is 1. The molecular formula is C19H25ClN4O+2. The molecule has 5 nitrogen and oxygen atoms in total. The highest BCUT2D eigenvalue weighted by Crippen LogP contribution is 2.14. The first kappa shape index (κ1) is 17.7. The van der Waals surface area contributed by atoms with Crippen molar-refractivity contribution in [3.8, 4) is 0 Å². The predicted octanol–water partition coefficient (Wildman–Crippen LogP) is 1.13. The monoisotopic (exact) mass is 360 g/mol. The van der Waals surface area contributed by atoms with E-state index >= 15 is 0 Å². The van der Waals surface area contributed by atoms with Crippen LogP contribution in [0.25, 0.3) is 0 Å². The summed E-state index contributed by atoms with van der Waals surface area (Å²) in [6.45, 7) is 5.81.